The minimum Gasteiger partial charge on any atom is -0.657 e. The molecule has 0 amide bonds. The Morgan fingerprint density at radius 2 is 0.853 bits per heavy atom. The average Bonchev–Trinajstić information content (AvgIpc) is 3.37. The molecule has 0 saturated carbocycles. The van der Waals surface area contributed by atoms with E-state index in [0.29, 0.717) is 0 Å². The summed E-state index contributed by atoms with van der Waals surface area (Å²) in [5.41, 5.74) is 18.2. The predicted octanol–water partition coefficient (Wildman–Crippen LogP) is 6.13. The molecule has 2 aliphatic rings. The van der Waals surface area contributed by atoms with Crippen LogP contribution in [0.5, 0.6) is 0 Å². The molecule has 0 unspecified atom stereocenters. The van der Waals surface area contributed by atoms with Crippen LogP contribution in [-0.4, -0.2) is 4.98 Å². The van der Waals surface area contributed by atoms with Crippen LogP contribution in [-0.2, 0) is 24.1 Å². The first kappa shape index (κ1) is 24.3. The van der Waals surface area contributed by atoms with Crippen LogP contribution in [0.2, 0.25) is 0 Å². The number of hydrogen-bond donors (Lipinski definition) is 0. The van der Waals surface area contributed by atoms with Crippen molar-refractivity contribution in [2.24, 2.45) is 7.05 Å². The van der Waals surface area contributed by atoms with Crippen molar-refractivity contribution in [1.82, 2.24) is 15.0 Å². The molecule has 0 fully saturated rings. The van der Waals surface area contributed by atoms with Gasteiger partial charge in [0.25, 0.3) is 0 Å². The zero-order chi connectivity index (χ0) is 23.8. The first-order valence-electron chi connectivity index (χ1n) is 11.5. The number of nitrogens with zero attached hydrogens (tertiary/aromatic N) is 4. The molecule has 1 radical (unpaired) electrons. The monoisotopic (exact) mass is 498 g/mol. The maximum atomic E-state index is 5.03. The van der Waals surface area contributed by atoms with Crippen molar-refractivity contribution in [2.75, 3.05) is 0 Å². The molecule has 0 aromatic carbocycles. The number of aryl methyl sites for hydroxylation is 4. The number of rotatable bonds is 0. The average molecular weight is 499 g/mol. The fourth-order valence-corrected chi connectivity index (χ4v) is 4.83. The van der Waals surface area contributed by atoms with Gasteiger partial charge >= 0.3 is 17.1 Å². The van der Waals surface area contributed by atoms with Gasteiger partial charge in [0.15, 0.2) is 0 Å². The van der Waals surface area contributed by atoms with Crippen LogP contribution < -0.4 is 14.5 Å². The smallest absolute Gasteiger partial charge is 0.657 e. The molecule has 5 rings (SSSR count). The molecule has 3 aromatic rings. The Morgan fingerprint density at radius 3 is 1.21 bits per heavy atom. The summed E-state index contributed by atoms with van der Waals surface area (Å²) in [6.07, 6.45) is 0. The Labute approximate surface area is 212 Å². The summed E-state index contributed by atoms with van der Waals surface area (Å²) in [6, 6.07) is 8.72. The van der Waals surface area contributed by atoms with Crippen molar-refractivity contribution in [3.05, 3.63) is 69.3 Å². The zero-order valence-electron chi connectivity index (χ0n) is 21.4. The summed E-state index contributed by atoms with van der Waals surface area (Å²) in [6.45, 7) is 17.3. The third kappa shape index (κ3) is 3.50. The van der Waals surface area contributed by atoms with E-state index in [1.165, 1.54) is 55.9 Å². The van der Waals surface area contributed by atoms with E-state index in [1.807, 2.05) is 0 Å². The number of aromatic nitrogens is 4. The second-order valence-electron chi connectivity index (χ2n) is 9.55. The third-order valence-electron chi connectivity index (χ3n) is 7.86. The van der Waals surface area contributed by atoms with Crippen molar-refractivity contribution in [3.63, 3.8) is 0 Å². The fourth-order valence-electron chi connectivity index (χ4n) is 4.83. The molecule has 0 atom stereocenters. The molecule has 177 valence electrons. The van der Waals surface area contributed by atoms with E-state index in [-0.39, 0.29) is 17.1 Å². The normalized spacial score (nSPS) is 13.6. The van der Waals surface area contributed by atoms with Gasteiger partial charge in [0.1, 0.15) is 7.05 Å². The van der Waals surface area contributed by atoms with E-state index in [9.17, 15) is 0 Å². The molecule has 0 aliphatic carbocycles. The Hall–Kier alpha value is -2.88. The van der Waals surface area contributed by atoms with E-state index >= 15 is 0 Å². The van der Waals surface area contributed by atoms with Crippen molar-refractivity contribution in [1.29, 1.82) is 0 Å². The van der Waals surface area contributed by atoms with Crippen LogP contribution in [0.25, 0.3) is 44.4 Å². The van der Waals surface area contributed by atoms with E-state index < -0.39 is 0 Å². The molecule has 5 heteroatoms. The maximum absolute atomic E-state index is 5.03. The van der Waals surface area contributed by atoms with Crippen LogP contribution in [0.3, 0.4) is 0 Å². The molecule has 0 N–H and O–H groups in total. The summed E-state index contributed by atoms with van der Waals surface area (Å²) in [4.78, 5) is 15.0. The maximum Gasteiger partial charge on any atom is 2.00 e. The van der Waals surface area contributed by atoms with Crippen molar-refractivity contribution >= 4 is 44.4 Å². The van der Waals surface area contributed by atoms with Gasteiger partial charge in [-0.1, -0.05) is 34.4 Å². The number of fused-ring (bicyclic) bond motifs is 8. The van der Waals surface area contributed by atoms with Crippen molar-refractivity contribution in [3.8, 4) is 0 Å². The molecule has 0 saturated heterocycles. The Morgan fingerprint density at radius 1 is 0.529 bits per heavy atom. The third-order valence-corrected chi connectivity index (χ3v) is 7.86. The predicted molar refractivity (Wildman–Crippen MR) is 138 cm³/mol. The molecule has 34 heavy (non-hydrogen) atoms. The van der Waals surface area contributed by atoms with Crippen molar-refractivity contribution < 1.29 is 21.6 Å². The summed E-state index contributed by atoms with van der Waals surface area (Å²) in [5.74, 6) is 0. The Balaban J connectivity index is 0.00000274. The van der Waals surface area contributed by atoms with Crippen LogP contribution >= 0.6 is 0 Å². The SMILES string of the molecule is CC1=C(C)c2cc3[n-]c(cc4[n+](C)c(cc5[n-]c(cc1n2)c(C)c5C)C(C)=C4C)c(C)c3C.[Cu+2]. The zero-order valence-corrected chi connectivity index (χ0v) is 22.3. The van der Waals surface area contributed by atoms with Gasteiger partial charge in [0.2, 0.25) is 11.4 Å². The molecule has 0 spiro atoms. The van der Waals surface area contributed by atoms with Crippen LogP contribution in [0.1, 0.15) is 72.7 Å². The van der Waals surface area contributed by atoms with Crippen LogP contribution in [0.4, 0.5) is 0 Å². The largest absolute Gasteiger partial charge is 2.00 e. The van der Waals surface area contributed by atoms with E-state index in [2.05, 4.69) is 91.3 Å². The fraction of sp³-hybridized carbons (Fsp3) is 0.310. The summed E-state index contributed by atoms with van der Waals surface area (Å²) in [7, 11) is 2.14. The molecular weight excluding hydrogens is 468 g/mol. The summed E-state index contributed by atoms with van der Waals surface area (Å²) in [5, 5.41) is 0. The first-order chi connectivity index (χ1) is 15.6. The van der Waals surface area contributed by atoms with Crippen LogP contribution in [0.15, 0.2) is 24.3 Å². The molecular formula is C29H31CuN4+. The number of allylic oxidation sites excluding steroid dienone is 4. The van der Waals surface area contributed by atoms with Crippen LogP contribution in [0, 0.1) is 27.7 Å². The second-order valence-corrected chi connectivity index (χ2v) is 9.55. The van der Waals surface area contributed by atoms with Gasteiger partial charge in [-0.25, -0.2) is 4.98 Å². The molecule has 2 aliphatic heterocycles. The van der Waals surface area contributed by atoms with Gasteiger partial charge in [-0.15, -0.1) is 22.1 Å². The number of hydrogen-bond acceptors (Lipinski definition) is 1. The standard InChI is InChI=1S/C29H31N4.Cu/c1-14-15(2)23-11-25-17(4)19(6)27(32-25)13-29-21(8)20(7)28(33(29)9)12-26-18(5)16(3)24(31-26)10-22(14)30-23;/h10-13H,1-9H3;/q-1;+2. The molecule has 4 nitrogen and oxygen atoms in total. The van der Waals surface area contributed by atoms with E-state index in [4.69, 9.17) is 15.0 Å². The van der Waals surface area contributed by atoms with Gasteiger partial charge < -0.3 is 9.97 Å². The van der Waals surface area contributed by atoms with E-state index in [0.717, 1.165) is 33.5 Å². The van der Waals surface area contributed by atoms with Gasteiger partial charge in [-0.05, 0) is 78.7 Å². The minimum absolute atomic E-state index is 0. The van der Waals surface area contributed by atoms with Gasteiger partial charge in [0.05, 0.1) is 11.4 Å². The minimum atomic E-state index is 0. The van der Waals surface area contributed by atoms with Gasteiger partial charge in [0, 0.05) is 11.1 Å². The molecule has 3 aromatic heterocycles. The molecule has 8 bridgehead atoms. The van der Waals surface area contributed by atoms with E-state index in [1.54, 1.807) is 0 Å². The second kappa shape index (κ2) is 8.41. The van der Waals surface area contributed by atoms with Gasteiger partial charge in [-0.2, -0.15) is 4.57 Å². The van der Waals surface area contributed by atoms with Crippen molar-refractivity contribution in [2.45, 2.75) is 55.4 Å². The quantitative estimate of drug-likeness (QED) is 0.276. The topological polar surface area (TPSA) is 45.0 Å². The first-order valence-corrected chi connectivity index (χ1v) is 11.5. The summed E-state index contributed by atoms with van der Waals surface area (Å²) >= 11 is 0. The summed E-state index contributed by atoms with van der Waals surface area (Å²) < 4.78 is 2.27. The molecule has 5 heterocycles. The Bertz CT molecular complexity index is 1480. The van der Waals surface area contributed by atoms with Gasteiger partial charge in [-0.3, -0.25) is 0 Å². The Kier molecular flexibility index (Phi) is 6.00.